The molecule has 0 unspecified atom stereocenters. The highest BCUT2D eigenvalue weighted by molar-refractivity contribution is 6.42. The predicted molar refractivity (Wildman–Crippen MR) is 67.2 cm³/mol. The molecule has 1 aromatic rings. The van der Waals surface area contributed by atoms with Gasteiger partial charge in [0.25, 0.3) is 0 Å². The van der Waals surface area contributed by atoms with Gasteiger partial charge in [-0.25, -0.2) is 0 Å². The zero-order chi connectivity index (χ0) is 12.3. The van der Waals surface area contributed by atoms with Gasteiger partial charge < -0.3 is 4.74 Å². The number of nitrogens with zero attached hydrogens (tertiary/aromatic N) is 2. The number of morpholine rings is 1. The van der Waals surface area contributed by atoms with Crippen molar-refractivity contribution >= 4 is 23.2 Å². The Kier molecular flexibility index (Phi) is 4.25. The van der Waals surface area contributed by atoms with E-state index >= 15 is 0 Å². The van der Waals surface area contributed by atoms with Crippen molar-refractivity contribution in [1.29, 1.82) is 5.26 Å². The van der Waals surface area contributed by atoms with Gasteiger partial charge in [0.1, 0.15) is 0 Å². The van der Waals surface area contributed by atoms with E-state index in [2.05, 4.69) is 11.0 Å². The Morgan fingerprint density at radius 2 is 2.24 bits per heavy atom. The Hall–Kier alpha value is -0.790. The van der Waals surface area contributed by atoms with E-state index in [4.69, 9.17) is 33.2 Å². The molecule has 0 radical (unpaired) electrons. The number of hydrogen-bond donors (Lipinski definition) is 0. The fourth-order valence-corrected chi connectivity index (χ4v) is 2.17. The molecule has 5 heteroatoms. The molecule has 1 aromatic carbocycles. The highest BCUT2D eigenvalue weighted by Gasteiger charge is 2.22. The molecule has 3 nitrogen and oxygen atoms in total. The molecule has 1 atom stereocenters. The van der Waals surface area contributed by atoms with Gasteiger partial charge in [-0.2, -0.15) is 5.26 Å². The molecule has 1 heterocycles. The SMILES string of the molecule is N#CCN1CCO[C@H](c2ccc(Cl)c(Cl)c2)C1. The molecule has 1 aliphatic heterocycles. The monoisotopic (exact) mass is 270 g/mol. The van der Waals surface area contributed by atoms with Crippen molar-refractivity contribution in [2.75, 3.05) is 26.2 Å². The smallest absolute Gasteiger partial charge is 0.0953 e. The van der Waals surface area contributed by atoms with Gasteiger partial charge in [0.15, 0.2) is 0 Å². The molecule has 0 aromatic heterocycles. The Labute approximate surface area is 110 Å². The maximum atomic E-state index is 8.68. The van der Waals surface area contributed by atoms with Crippen LogP contribution in [0.3, 0.4) is 0 Å². The average molecular weight is 271 g/mol. The van der Waals surface area contributed by atoms with Crippen LogP contribution in [-0.2, 0) is 4.74 Å². The highest BCUT2D eigenvalue weighted by Crippen LogP contribution is 2.28. The molecule has 0 bridgehead atoms. The van der Waals surface area contributed by atoms with Gasteiger partial charge in [0.2, 0.25) is 0 Å². The van der Waals surface area contributed by atoms with E-state index in [1.807, 2.05) is 12.1 Å². The molecule has 0 spiro atoms. The third-order valence-corrected chi connectivity index (χ3v) is 3.50. The summed E-state index contributed by atoms with van der Waals surface area (Å²) in [4.78, 5) is 2.07. The van der Waals surface area contributed by atoms with Crippen LogP contribution in [0.1, 0.15) is 11.7 Å². The molecule has 17 heavy (non-hydrogen) atoms. The molecule has 90 valence electrons. The van der Waals surface area contributed by atoms with Gasteiger partial charge in [-0.05, 0) is 17.7 Å². The lowest BCUT2D eigenvalue weighted by atomic mass is 10.1. The normalized spacial score (nSPS) is 21.1. The summed E-state index contributed by atoms with van der Waals surface area (Å²) < 4.78 is 5.68. The largest absolute Gasteiger partial charge is 0.371 e. The number of rotatable bonds is 2. The molecule has 0 N–H and O–H groups in total. The third kappa shape index (κ3) is 3.11. The van der Waals surface area contributed by atoms with Crippen molar-refractivity contribution in [3.05, 3.63) is 33.8 Å². The summed E-state index contributed by atoms with van der Waals surface area (Å²) >= 11 is 11.8. The zero-order valence-electron chi connectivity index (χ0n) is 9.20. The lowest BCUT2D eigenvalue weighted by Crippen LogP contribution is -2.38. The second kappa shape index (κ2) is 5.70. The minimum absolute atomic E-state index is 0.0353. The van der Waals surface area contributed by atoms with E-state index < -0.39 is 0 Å². The first-order valence-electron chi connectivity index (χ1n) is 5.36. The van der Waals surface area contributed by atoms with Crippen LogP contribution in [0.25, 0.3) is 0 Å². The first-order valence-corrected chi connectivity index (χ1v) is 6.12. The summed E-state index contributed by atoms with van der Waals surface area (Å²) in [6, 6.07) is 7.66. The van der Waals surface area contributed by atoms with Crippen LogP contribution in [0.2, 0.25) is 10.0 Å². The maximum absolute atomic E-state index is 8.68. The first kappa shape index (κ1) is 12.7. The third-order valence-electron chi connectivity index (χ3n) is 2.76. The molecule has 0 saturated carbocycles. The van der Waals surface area contributed by atoms with Gasteiger partial charge >= 0.3 is 0 Å². The molecule has 0 aliphatic carbocycles. The summed E-state index contributed by atoms with van der Waals surface area (Å²) in [5.74, 6) is 0. The Morgan fingerprint density at radius 1 is 1.41 bits per heavy atom. The van der Waals surface area contributed by atoms with Gasteiger partial charge in [0.05, 0.1) is 35.4 Å². The van der Waals surface area contributed by atoms with Crippen LogP contribution in [-0.4, -0.2) is 31.1 Å². The number of halogens is 2. The highest BCUT2D eigenvalue weighted by atomic mass is 35.5. The number of benzene rings is 1. The van der Waals surface area contributed by atoms with Gasteiger partial charge in [-0.15, -0.1) is 0 Å². The lowest BCUT2D eigenvalue weighted by Gasteiger charge is -2.31. The first-order chi connectivity index (χ1) is 8.20. The minimum atomic E-state index is -0.0353. The molecule has 0 amide bonds. The fourth-order valence-electron chi connectivity index (χ4n) is 1.86. The predicted octanol–water partition coefficient (Wildman–Crippen LogP) is 2.89. The van der Waals surface area contributed by atoms with Gasteiger partial charge in [0, 0.05) is 13.1 Å². The molecule has 1 fully saturated rings. The van der Waals surface area contributed by atoms with Crippen LogP contribution >= 0.6 is 23.2 Å². The van der Waals surface area contributed by atoms with E-state index in [0.717, 1.165) is 12.1 Å². The van der Waals surface area contributed by atoms with Crippen LogP contribution in [0.5, 0.6) is 0 Å². The molecule has 1 aliphatic rings. The maximum Gasteiger partial charge on any atom is 0.0953 e. The molecule has 2 rings (SSSR count). The fraction of sp³-hybridized carbons (Fsp3) is 0.417. The van der Waals surface area contributed by atoms with E-state index in [1.165, 1.54) is 0 Å². The van der Waals surface area contributed by atoms with Gasteiger partial charge in [-0.3, -0.25) is 4.90 Å². The van der Waals surface area contributed by atoms with Gasteiger partial charge in [-0.1, -0.05) is 29.3 Å². The van der Waals surface area contributed by atoms with Crippen LogP contribution in [0.4, 0.5) is 0 Å². The van der Waals surface area contributed by atoms with Crippen molar-refractivity contribution in [2.45, 2.75) is 6.10 Å². The van der Waals surface area contributed by atoms with E-state index in [9.17, 15) is 0 Å². The average Bonchev–Trinajstić information content (AvgIpc) is 2.33. The summed E-state index contributed by atoms with van der Waals surface area (Å²) in [6.07, 6.45) is -0.0353. The van der Waals surface area contributed by atoms with Crippen LogP contribution in [0.15, 0.2) is 18.2 Å². The standard InChI is InChI=1S/C12H12Cl2N2O/c13-10-2-1-9(7-11(10)14)12-8-16(4-3-15)5-6-17-12/h1-2,7,12H,4-6,8H2/t12-/m0/s1. The van der Waals surface area contributed by atoms with Crippen molar-refractivity contribution < 1.29 is 4.74 Å². The van der Waals surface area contributed by atoms with Crippen molar-refractivity contribution in [3.63, 3.8) is 0 Å². The zero-order valence-corrected chi connectivity index (χ0v) is 10.7. The van der Waals surface area contributed by atoms with Crippen molar-refractivity contribution in [2.24, 2.45) is 0 Å². The van der Waals surface area contributed by atoms with E-state index in [-0.39, 0.29) is 6.10 Å². The summed E-state index contributed by atoms with van der Waals surface area (Å²) in [6.45, 7) is 2.57. The van der Waals surface area contributed by atoms with Crippen molar-refractivity contribution in [3.8, 4) is 6.07 Å². The quantitative estimate of drug-likeness (QED) is 0.776. The Morgan fingerprint density at radius 3 is 2.94 bits per heavy atom. The van der Waals surface area contributed by atoms with Crippen LogP contribution < -0.4 is 0 Å². The topological polar surface area (TPSA) is 36.3 Å². The second-order valence-corrected chi connectivity index (χ2v) is 4.74. The Bertz CT molecular complexity index is 445. The van der Waals surface area contributed by atoms with E-state index in [1.54, 1.807) is 6.07 Å². The summed E-state index contributed by atoms with van der Waals surface area (Å²) in [7, 11) is 0. The van der Waals surface area contributed by atoms with E-state index in [0.29, 0.717) is 29.7 Å². The number of ether oxygens (including phenoxy) is 1. The number of hydrogen-bond acceptors (Lipinski definition) is 3. The molecule has 1 saturated heterocycles. The lowest BCUT2D eigenvalue weighted by molar-refractivity contribution is -0.0255. The molecular weight excluding hydrogens is 259 g/mol. The summed E-state index contributed by atoms with van der Waals surface area (Å²) in [5.41, 5.74) is 1.00. The molecular formula is C12H12Cl2N2O. The number of nitriles is 1. The van der Waals surface area contributed by atoms with Crippen molar-refractivity contribution in [1.82, 2.24) is 4.90 Å². The minimum Gasteiger partial charge on any atom is -0.371 e. The Balaban J connectivity index is 2.11. The van der Waals surface area contributed by atoms with Crippen LogP contribution in [0, 0.1) is 11.3 Å². The second-order valence-electron chi connectivity index (χ2n) is 3.93. The summed E-state index contributed by atoms with van der Waals surface area (Å²) in [5, 5.41) is 9.76.